The first-order valence-electron chi connectivity index (χ1n) is 8.42. The summed E-state index contributed by atoms with van der Waals surface area (Å²) in [6.07, 6.45) is 3.20. The molecule has 4 rings (SSSR count). The van der Waals surface area contributed by atoms with Gasteiger partial charge in [-0.05, 0) is 49.3 Å². The molecule has 0 spiro atoms. The van der Waals surface area contributed by atoms with Gasteiger partial charge >= 0.3 is 0 Å². The highest BCUT2D eigenvalue weighted by Gasteiger charge is 2.21. The van der Waals surface area contributed by atoms with Crippen molar-refractivity contribution >= 4 is 12.2 Å². The van der Waals surface area contributed by atoms with Gasteiger partial charge in [0.25, 0.3) is 0 Å². The number of nitrogens with zero attached hydrogens (tertiary/aromatic N) is 4. The Hall–Kier alpha value is -2.22. The molecule has 1 fully saturated rings. The zero-order chi connectivity index (χ0) is 17.2. The molecule has 3 aromatic rings. The van der Waals surface area contributed by atoms with E-state index < -0.39 is 0 Å². The number of hydrogen-bond acceptors (Lipinski definition) is 5. The zero-order valence-electron chi connectivity index (χ0n) is 13.8. The molecule has 25 heavy (non-hydrogen) atoms. The average molecular weight is 356 g/mol. The predicted octanol–water partition coefficient (Wildman–Crippen LogP) is 3.08. The molecule has 1 N–H and O–H groups in total. The standard InChI is InChI=1S/C18H20N4O2S/c23-15-8-4-10-20(12-15)13-21-18(25)22(14-6-2-1-3-7-14)17(19-21)16-9-5-11-24-16/h1-3,5-7,9,11,15,23H,4,8,10,12-13H2/t15-/m0/s1. The Morgan fingerprint density at radius 2 is 2.04 bits per heavy atom. The second-order valence-corrected chi connectivity index (χ2v) is 6.63. The smallest absolute Gasteiger partial charge is 0.204 e. The van der Waals surface area contributed by atoms with Crippen LogP contribution in [0.4, 0.5) is 0 Å². The van der Waals surface area contributed by atoms with Crippen molar-refractivity contribution < 1.29 is 9.52 Å². The average Bonchev–Trinajstić information content (AvgIpc) is 3.25. The van der Waals surface area contributed by atoms with Crippen LogP contribution < -0.4 is 0 Å². The Labute approximate surface area is 150 Å². The maximum atomic E-state index is 9.90. The molecular formula is C18H20N4O2S. The van der Waals surface area contributed by atoms with Crippen molar-refractivity contribution in [3.05, 3.63) is 53.5 Å². The Morgan fingerprint density at radius 3 is 2.76 bits per heavy atom. The van der Waals surface area contributed by atoms with Crippen molar-refractivity contribution in [1.82, 2.24) is 19.2 Å². The molecule has 1 aliphatic rings. The maximum absolute atomic E-state index is 9.90. The molecular weight excluding hydrogens is 336 g/mol. The molecule has 1 aromatic carbocycles. The van der Waals surface area contributed by atoms with Crippen LogP contribution in [0, 0.1) is 4.77 Å². The number of benzene rings is 1. The minimum Gasteiger partial charge on any atom is -0.461 e. The van der Waals surface area contributed by atoms with Crippen LogP contribution in [0.25, 0.3) is 17.3 Å². The molecule has 0 amide bonds. The molecule has 3 heterocycles. The van der Waals surface area contributed by atoms with Crippen molar-refractivity contribution in [1.29, 1.82) is 0 Å². The fourth-order valence-corrected chi connectivity index (χ4v) is 3.51. The van der Waals surface area contributed by atoms with E-state index in [0.29, 0.717) is 29.6 Å². The van der Waals surface area contributed by atoms with E-state index in [-0.39, 0.29) is 6.10 Å². The van der Waals surface area contributed by atoms with Crippen LogP contribution in [0.3, 0.4) is 0 Å². The molecule has 7 heteroatoms. The van der Waals surface area contributed by atoms with Gasteiger partial charge in [0.2, 0.25) is 10.6 Å². The number of rotatable bonds is 4. The predicted molar refractivity (Wildman–Crippen MR) is 96.9 cm³/mol. The third-order valence-electron chi connectivity index (χ3n) is 4.41. The topological polar surface area (TPSA) is 59.4 Å². The zero-order valence-corrected chi connectivity index (χ0v) is 14.6. The van der Waals surface area contributed by atoms with Crippen LogP contribution in [0.2, 0.25) is 0 Å². The highest BCUT2D eigenvalue weighted by atomic mass is 32.1. The van der Waals surface area contributed by atoms with Gasteiger partial charge in [-0.1, -0.05) is 18.2 Å². The van der Waals surface area contributed by atoms with E-state index in [0.717, 1.165) is 25.1 Å². The van der Waals surface area contributed by atoms with E-state index in [4.69, 9.17) is 21.7 Å². The van der Waals surface area contributed by atoms with E-state index >= 15 is 0 Å². The Balaban J connectivity index is 1.75. The van der Waals surface area contributed by atoms with Gasteiger partial charge in [-0.2, -0.15) is 0 Å². The summed E-state index contributed by atoms with van der Waals surface area (Å²) in [5, 5.41) is 14.6. The van der Waals surface area contributed by atoms with Gasteiger partial charge in [-0.3, -0.25) is 9.47 Å². The van der Waals surface area contributed by atoms with Gasteiger partial charge in [-0.15, -0.1) is 5.10 Å². The Kier molecular flexibility index (Phi) is 4.52. The van der Waals surface area contributed by atoms with Crippen LogP contribution in [0.1, 0.15) is 12.8 Å². The summed E-state index contributed by atoms with van der Waals surface area (Å²) >= 11 is 5.70. The number of furan rings is 1. The number of aromatic nitrogens is 3. The Bertz CT molecular complexity index is 886. The molecule has 6 nitrogen and oxygen atoms in total. The number of likely N-dealkylation sites (tertiary alicyclic amines) is 1. The third-order valence-corrected chi connectivity index (χ3v) is 4.80. The first kappa shape index (κ1) is 16.3. The third kappa shape index (κ3) is 3.30. The molecule has 0 radical (unpaired) electrons. The van der Waals surface area contributed by atoms with Gasteiger partial charge in [0.05, 0.1) is 24.7 Å². The summed E-state index contributed by atoms with van der Waals surface area (Å²) in [4.78, 5) is 2.18. The van der Waals surface area contributed by atoms with Gasteiger partial charge < -0.3 is 9.52 Å². The van der Waals surface area contributed by atoms with Crippen LogP contribution in [0.15, 0.2) is 53.1 Å². The summed E-state index contributed by atoms with van der Waals surface area (Å²) < 4.78 is 9.90. The van der Waals surface area contributed by atoms with Crippen molar-refractivity contribution in [3.63, 3.8) is 0 Å². The summed E-state index contributed by atoms with van der Waals surface area (Å²) in [6, 6.07) is 13.6. The second-order valence-electron chi connectivity index (χ2n) is 6.27. The molecule has 1 saturated heterocycles. The Morgan fingerprint density at radius 1 is 1.20 bits per heavy atom. The molecule has 130 valence electrons. The highest BCUT2D eigenvalue weighted by molar-refractivity contribution is 7.71. The quantitative estimate of drug-likeness (QED) is 0.728. The minimum atomic E-state index is -0.274. The van der Waals surface area contributed by atoms with E-state index in [1.807, 2.05) is 47.0 Å². The van der Waals surface area contributed by atoms with E-state index in [1.165, 1.54) is 0 Å². The lowest BCUT2D eigenvalue weighted by Crippen LogP contribution is -2.39. The fraction of sp³-hybridized carbons (Fsp3) is 0.333. The number of aliphatic hydroxyl groups is 1. The lowest BCUT2D eigenvalue weighted by molar-refractivity contribution is 0.0513. The van der Waals surface area contributed by atoms with Crippen LogP contribution in [-0.2, 0) is 6.67 Å². The van der Waals surface area contributed by atoms with Gasteiger partial charge in [0.15, 0.2) is 5.76 Å². The summed E-state index contributed by atoms with van der Waals surface area (Å²) in [5.74, 6) is 1.35. The lowest BCUT2D eigenvalue weighted by Gasteiger charge is -2.29. The molecule has 1 atom stereocenters. The molecule has 0 saturated carbocycles. The molecule has 1 aliphatic heterocycles. The monoisotopic (exact) mass is 356 g/mol. The summed E-state index contributed by atoms with van der Waals surface area (Å²) in [6.45, 7) is 2.15. The van der Waals surface area contributed by atoms with Crippen molar-refractivity contribution in [3.8, 4) is 17.3 Å². The second kappa shape index (κ2) is 6.95. The van der Waals surface area contributed by atoms with Crippen molar-refractivity contribution in [2.75, 3.05) is 13.1 Å². The number of piperidine rings is 1. The normalized spacial score (nSPS) is 18.5. The minimum absolute atomic E-state index is 0.274. The van der Waals surface area contributed by atoms with E-state index in [1.54, 1.807) is 10.9 Å². The molecule has 2 aromatic heterocycles. The molecule has 0 aliphatic carbocycles. The molecule has 0 bridgehead atoms. The van der Waals surface area contributed by atoms with Crippen LogP contribution >= 0.6 is 12.2 Å². The first-order valence-corrected chi connectivity index (χ1v) is 8.83. The number of aliphatic hydroxyl groups excluding tert-OH is 1. The van der Waals surface area contributed by atoms with Gasteiger partial charge in [-0.25, -0.2) is 4.68 Å². The first-order chi connectivity index (χ1) is 12.2. The van der Waals surface area contributed by atoms with Crippen molar-refractivity contribution in [2.45, 2.75) is 25.6 Å². The van der Waals surface area contributed by atoms with Gasteiger partial charge in [0.1, 0.15) is 0 Å². The number of para-hydroxylation sites is 1. The fourth-order valence-electron chi connectivity index (χ4n) is 3.22. The summed E-state index contributed by atoms with van der Waals surface area (Å²) in [7, 11) is 0. The van der Waals surface area contributed by atoms with E-state index in [2.05, 4.69) is 4.90 Å². The lowest BCUT2D eigenvalue weighted by atomic mass is 10.1. The largest absolute Gasteiger partial charge is 0.461 e. The summed E-state index contributed by atoms with van der Waals surface area (Å²) in [5.41, 5.74) is 0.948. The van der Waals surface area contributed by atoms with Crippen molar-refractivity contribution in [2.24, 2.45) is 0 Å². The number of β-amino-alcohol motifs (C(OH)–C–C–N with tert-alkyl or cyclic N) is 1. The number of hydrogen-bond donors (Lipinski definition) is 1. The van der Waals surface area contributed by atoms with Crippen LogP contribution in [0.5, 0.6) is 0 Å². The maximum Gasteiger partial charge on any atom is 0.204 e. The molecule has 0 unspecified atom stereocenters. The van der Waals surface area contributed by atoms with Crippen LogP contribution in [-0.4, -0.2) is 43.5 Å². The van der Waals surface area contributed by atoms with Gasteiger partial charge in [0, 0.05) is 13.1 Å². The van der Waals surface area contributed by atoms with E-state index in [9.17, 15) is 5.11 Å². The highest BCUT2D eigenvalue weighted by Crippen LogP contribution is 2.23. The SMILES string of the molecule is O[C@H]1CCCN(Cn2nc(-c3ccco3)n(-c3ccccc3)c2=S)C1.